The van der Waals surface area contributed by atoms with Gasteiger partial charge in [-0.3, -0.25) is 9.59 Å². The molecule has 5 N–H and O–H groups in total. The standard InChI is InChI=1S/C31H38N4O8/c1-16-6-9-30-25-18-4-5-22(41-3)26(25)43-27(30)23(7-10-31(30,40)20(16)12-18)42-29(39)21(13-19-14-32-15-34-19)35-24(37)8-11-33-28(38)17(2)36/h4-5,7,14-17,20-21,27,36,40H,6,8-13H2,1-3H3,(H,32,34)(H,33,38)(H,35,37)/t16?,17-,20-,21-,27-,30-,31+/m0/s1. The quantitative estimate of drug-likeness (QED) is 0.253. The van der Waals surface area contributed by atoms with Gasteiger partial charge in [0.25, 0.3) is 0 Å². The Morgan fingerprint density at radius 2 is 2.12 bits per heavy atom. The third-order valence-electron chi connectivity index (χ3n) is 9.77. The number of nitrogens with one attached hydrogen (secondary N) is 3. The van der Waals surface area contributed by atoms with Gasteiger partial charge in [0.05, 0.1) is 30.1 Å². The number of carbonyl (C=O) groups is 3. The smallest absolute Gasteiger partial charge is 0.334 e. The molecule has 1 saturated carbocycles. The van der Waals surface area contributed by atoms with Crippen molar-refractivity contribution in [2.75, 3.05) is 13.7 Å². The molecular formula is C31H38N4O8. The van der Waals surface area contributed by atoms with E-state index in [1.807, 2.05) is 6.07 Å². The summed E-state index contributed by atoms with van der Waals surface area (Å²) in [6, 6.07) is 2.86. The van der Waals surface area contributed by atoms with Crippen LogP contribution in [0, 0.1) is 11.8 Å². The first-order valence-electron chi connectivity index (χ1n) is 14.8. The predicted molar refractivity (Wildman–Crippen MR) is 152 cm³/mol. The highest BCUT2D eigenvalue weighted by atomic mass is 16.6. The molecule has 1 unspecified atom stereocenters. The number of hydrogen-bond acceptors (Lipinski definition) is 9. The van der Waals surface area contributed by atoms with Crippen LogP contribution >= 0.6 is 0 Å². The number of benzene rings is 1. The fourth-order valence-electron chi connectivity index (χ4n) is 7.67. The number of methoxy groups -OCH3 is 1. The molecule has 2 heterocycles. The fourth-order valence-corrected chi connectivity index (χ4v) is 7.67. The minimum absolute atomic E-state index is 0.01000. The summed E-state index contributed by atoms with van der Waals surface area (Å²) in [7, 11) is 1.58. The van der Waals surface area contributed by atoms with Crippen molar-refractivity contribution < 1.29 is 38.8 Å². The summed E-state index contributed by atoms with van der Waals surface area (Å²) < 4.78 is 18.3. The number of aliphatic hydroxyl groups is 2. The maximum Gasteiger partial charge on any atom is 0.334 e. The monoisotopic (exact) mass is 594 g/mol. The number of carbonyl (C=O) groups excluding carboxylic acids is 3. The van der Waals surface area contributed by atoms with Gasteiger partial charge in [-0.25, -0.2) is 9.78 Å². The molecule has 7 atom stereocenters. The van der Waals surface area contributed by atoms with Crippen molar-refractivity contribution in [3.05, 3.63) is 53.3 Å². The zero-order valence-corrected chi connectivity index (χ0v) is 24.5. The van der Waals surface area contributed by atoms with E-state index in [0.29, 0.717) is 41.7 Å². The second kappa shape index (κ2) is 11.0. The molecule has 43 heavy (non-hydrogen) atoms. The lowest BCUT2D eigenvalue weighted by Gasteiger charge is -2.61. The molecule has 1 fully saturated rings. The van der Waals surface area contributed by atoms with E-state index in [2.05, 4.69) is 33.6 Å². The number of nitrogens with zero attached hydrogens (tertiary/aromatic N) is 1. The molecule has 1 aromatic carbocycles. The van der Waals surface area contributed by atoms with Gasteiger partial charge in [-0.1, -0.05) is 13.0 Å². The van der Waals surface area contributed by atoms with Gasteiger partial charge in [0.2, 0.25) is 11.8 Å². The lowest BCUT2D eigenvalue weighted by atomic mass is 9.45. The second-order valence-electron chi connectivity index (χ2n) is 12.2. The maximum absolute atomic E-state index is 13.7. The SMILES string of the molecule is COc1ccc2c3c1O[C@H]1C(OC(=O)[C@H](Cc4c[nH]cn4)NC(=O)CCNC(=O)[C@H](C)O)=CC[C@@]4(O)[C@@H](C2)C(C)CC[C@]314. The van der Waals surface area contributed by atoms with Crippen molar-refractivity contribution in [2.24, 2.45) is 11.8 Å². The van der Waals surface area contributed by atoms with Gasteiger partial charge in [-0.2, -0.15) is 0 Å². The van der Waals surface area contributed by atoms with E-state index in [1.165, 1.54) is 13.3 Å². The molecule has 6 rings (SSSR count). The van der Waals surface area contributed by atoms with Crippen molar-refractivity contribution in [1.29, 1.82) is 0 Å². The molecule has 1 aliphatic heterocycles. The van der Waals surface area contributed by atoms with Crippen LogP contribution in [-0.4, -0.2) is 75.5 Å². The van der Waals surface area contributed by atoms with E-state index in [1.54, 1.807) is 19.4 Å². The van der Waals surface area contributed by atoms with Crippen LogP contribution in [0.3, 0.4) is 0 Å². The normalized spacial score (nSPS) is 29.3. The molecule has 3 aliphatic carbocycles. The summed E-state index contributed by atoms with van der Waals surface area (Å²) in [5, 5.41) is 27.0. The van der Waals surface area contributed by atoms with Crippen molar-refractivity contribution in [3.63, 3.8) is 0 Å². The summed E-state index contributed by atoms with van der Waals surface area (Å²) in [6.07, 6.45) is 5.49. The lowest BCUT2D eigenvalue weighted by molar-refractivity contribution is -0.171. The minimum Gasteiger partial charge on any atom is -0.493 e. The molecule has 1 aromatic heterocycles. The fraction of sp³-hybridized carbons (Fsp3) is 0.548. The zero-order chi connectivity index (χ0) is 30.5. The van der Waals surface area contributed by atoms with Crippen molar-refractivity contribution in [3.8, 4) is 11.5 Å². The molecule has 0 saturated heterocycles. The van der Waals surface area contributed by atoms with Gasteiger partial charge >= 0.3 is 5.97 Å². The van der Waals surface area contributed by atoms with Crippen LogP contribution in [0.4, 0.5) is 0 Å². The van der Waals surface area contributed by atoms with Gasteiger partial charge in [0.1, 0.15) is 17.9 Å². The first kappa shape index (κ1) is 29.2. The van der Waals surface area contributed by atoms with Crippen LogP contribution in [0.5, 0.6) is 11.5 Å². The molecule has 12 nitrogen and oxygen atoms in total. The van der Waals surface area contributed by atoms with Crippen molar-refractivity contribution in [1.82, 2.24) is 20.6 Å². The molecule has 2 aromatic rings. The van der Waals surface area contributed by atoms with E-state index < -0.39 is 47.0 Å². The number of aromatic nitrogens is 2. The number of esters is 1. The Bertz CT molecular complexity index is 1460. The van der Waals surface area contributed by atoms with E-state index >= 15 is 0 Å². The van der Waals surface area contributed by atoms with E-state index in [0.717, 1.165) is 24.0 Å². The number of aliphatic hydroxyl groups excluding tert-OH is 1. The Morgan fingerprint density at radius 1 is 1.30 bits per heavy atom. The van der Waals surface area contributed by atoms with E-state index in [9.17, 15) is 24.6 Å². The number of amides is 2. The van der Waals surface area contributed by atoms with Crippen LogP contribution in [0.2, 0.25) is 0 Å². The van der Waals surface area contributed by atoms with Crippen LogP contribution in [0.1, 0.15) is 56.4 Å². The van der Waals surface area contributed by atoms with Gasteiger partial charge in [-0.05, 0) is 62.1 Å². The molecule has 2 amide bonds. The Hall–Kier alpha value is -3.90. The molecule has 2 bridgehead atoms. The highest BCUT2D eigenvalue weighted by Gasteiger charge is 2.72. The molecule has 12 heteroatoms. The van der Waals surface area contributed by atoms with E-state index in [4.69, 9.17) is 14.2 Å². The summed E-state index contributed by atoms with van der Waals surface area (Å²) in [4.78, 5) is 45.2. The first-order valence-corrected chi connectivity index (χ1v) is 14.8. The molecule has 230 valence electrons. The number of H-pyrrole nitrogens is 1. The molecule has 4 aliphatic rings. The van der Waals surface area contributed by atoms with Gasteiger partial charge in [0, 0.05) is 31.1 Å². The summed E-state index contributed by atoms with van der Waals surface area (Å²) in [6.45, 7) is 3.51. The Morgan fingerprint density at radius 3 is 2.84 bits per heavy atom. The van der Waals surface area contributed by atoms with Gasteiger partial charge in [-0.15, -0.1) is 0 Å². The average molecular weight is 595 g/mol. The first-order chi connectivity index (χ1) is 20.6. The number of rotatable bonds is 10. The lowest BCUT2D eigenvalue weighted by Crippen LogP contribution is -2.69. The number of ether oxygens (including phenoxy) is 3. The third-order valence-corrected chi connectivity index (χ3v) is 9.77. The highest BCUT2D eigenvalue weighted by Crippen LogP contribution is 2.68. The summed E-state index contributed by atoms with van der Waals surface area (Å²) in [5.41, 5.74) is 0.748. The second-order valence-corrected chi connectivity index (χ2v) is 12.2. The predicted octanol–water partition coefficient (Wildman–Crippen LogP) is 1.20. The van der Waals surface area contributed by atoms with Crippen molar-refractivity contribution >= 4 is 17.8 Å². The molecular weight excluding hydrogens is 556 g/mol. The molecule has 1 spiro atoms. The van der Waals surface area contributed by atoms with Crippen LogP contribution < -0.4 is 20.1 Å². The van der Waals surface area contributed by atoms with Crippen LogP contribution in [0.15, 0.2) is 36.5 Å². The zero-order valence-electron chi connectivity index (χ0n) is 24.5. The van der Waals surface area contributed by atoms with Crippen molar-refractivity contribution in [2.45, 2.75) is 81.6 Å². The minimum atomic E-state index is -1.20. The van der Waals surface area contributed by atoms with E-state index in [-0.39, 0.29) is 25.3 Å². The van der Waals surface area contributed by atoms with Gasteiger partial charge in [0.15, 0.2) is 17.6 Å². The Labute approximate surface area is 249 Å². The molecule has 0 radical (unpaired) electrons. The topological polar surface area (TPSA) is 172 Å². The maximum atomic E-state index is 13.7. The number of imidazole rings is 1. The summed E-state index contributed by atoms with van der Waals surface area (Å²) in [5.74, 6) is 0.0216. The largest absolute Gasteiger partial charge is 0.493 e. The third kappa shape index (κ3) is 4.67. The number of aromatic amines is 1. The summed E-state index contributed by atoms with van der Waals surface area (Å²) >= 11 is 0. The van der Waals surface area contributed by atoms with Crippen LogP contribution in [-0.2, 0) is 37.4 Å². The average Bonchev–Trinajstić information content (AvgIpc) is 3.62. The Kier molecular flexibility index (Phi) is 7.45. The number of hydrogen-bond donors (Lipinski definition) is 5. The Balaban J connectivity index is 1.26. The highest BCUT2D eigenvalue weighted by molar-refractivity contribution is 5.86. The van der Waals surface area contributed by atoms with Crippen LogP contribution in [0.25, 0.3) is 0 Å². The van der Waals surface area contributed by atoms with Gasteiger partial charge < -0.3 is 40.0 Å².